The summed E-state index contributed by atoms with van der Waals surface area (Å²) in [5.74, 6) is -0.882. The molecule has 7 nitrogen and oxygen atoms in total. The van der Waals surface area contributed by atoms with Crippen LogP contribution in [0, 0.1) is 0 Å². The van der Waals surface area contributed by atoms with Crippen molar-refractivity contribution >= 4 is 41.5 Å². The average molecular weight is 396 g/mol. The number of carbonyl (C=O) groups excluding carboxylic acids is 2. The Bertz CT molecular complexity index is 764. The minimum absolute atomic E-state index is 0. The number of anilines is 1. The van der Waals surface area contributed by atoms with Crippen molar-refractivity contribution in [2.75, 3.05) is 18.4 Å². The lowest BCUT2D eigenvalue weighted by Crippen LogP contribution is -2.43. The Kier molecular flexibility index (Phi) is 7.32. The highest BCUT2D eigenvalue weighted by atomic mass is 35.5. The number of hydrogen-bond acceptors (Lipinski definition) is 5. The Labute approximate surface area is 162 Å². The molecule has 0 saturated carbocycles. The average Bonchev–Trinajstić information content (AvgIpc) is 2.64. The van der Waals surface area contributed by atoms with Crippen LogP contribution in [0.15, 0.2) is 36.7 Å². The molecule has 2 heterocycles. The SMILES string of the molecule is Cl.O=C(Nc1ccc(Cl)cc1)c1nccnc1C(=O)NC1CCNCC1. The van der Waals surface area contributed by atoms with E-state index in [1.807, 2.05) is 0 Å². The molecule has 0 unspecified atom stereocenters. The van der Waals surface area contributed by atoms with Crippen molar-refractivity contribution < 1.29 is 9.59 Å². The molecule has 1 aromatic heterocycles. The number of nitrogens with zero attached hydrogens (tertiary/aromatic N) is 2. The van der Waals surface area contributed by atoms with Crippen LogP contribution in [0.25, 0.3) is 0 Å². The minimum Gasteiger partial charge on any atom is -0.348 e. The zero-order valence-corrected chi connectivity index (χ0v) is 15.4. The summed E-state index contributed by atoms with van der Waals surface area (Å²) >= 11 is 5.83. The van der Waals surface area contributed by atoms with Crippen molar-refractivity contribution in [3.05, 3.63) is 53.1 Å². The first-order valence-corrected chi connectivity index (χ1v) is 8.41. The van der Waals surface area contributed by atoms with Crippen LogP contribution in [0.2, 0.25) is 5.02 Å². The summed E-state index contributed by atoms with van der Waals surface area (Å²) in [5, 5.41) is 9.42. The second-order valence-corrected chi connectivity index (χ2v) is 6.15. The second-order valence-electron chi connectivity index (χ2n) is 5.71. The number of halogens is 2. The Morgan fingerprint density at radius 3 is 2.19 bits per heavy atom. The zero-order chi connectivity index (χ0) is 17.6. The summed E-state index contributed by atoms with van der Waals surface area (Å²) in [6.07, 6.45) is 4.48. The smallest absolute Gasteiger partial charge is 0.276 e. The summed E-state index contributed by atoms with van der Waals surface area (Å²) in [6.45, 7) is 1.71. The second kappa shape index (κ2) is 9.47. The van der Waals surface area contributed by atoms with Crippen LogP contribution in [-0.2, 0) is 0 Å². The fourth-order valence-corrected chi connectivity index (χ4v) is 2.74. The third-order valence-electron chi connectivity index (χ3n) is 3.90. The van der Waals surface area contributed by atoms with Crippen molar-refractivity contribution in [3.63, 3.8) is 0 Å². The number of rotatable bonds is 4. The molecule has 138 valence electrons. The summed E-state index contributed by atoms with van der Waals surface area (Å²) in [5.41, 5.74) is 0.571. The van der Waals surface area contributed by atoms with Gasteiger partial charge in [0, 0.05) is 29.1 Å². The highest BCUT2D eigenvalue weighted by Gasteiger charge is 2.23. The number of carbonyl (C=O) groups is 2. The van der Waals surface area contributed by atoms with Gasteiger partial charge in [-0.2, -0.15) is 0 Å². The lowest BCUT2D eigenvalue weighted by atomic mass is 10.1. The van der Waals surface area contributed by atoms with E-state index >= 15 is 0 Å². The van der Waals surface area contributed by atoms with Crippen LogP contribution >= 0.6 is 24.0 Å². The molecule has 26 heavy (non-hydrogen) atoms. The number of aromatic nitrogens is 2. The van der Waals surface area contributed by atoms with Crippen LogP contribution in [0.3, 0.4) is 0 Å². The van der Waals surface area contributed by atoms with E-state index in [2.05, 4.69) is 25.9 Å². The highest BCUT2D eigenvalue weighted by molar-refractivity contribution is 6.30. The van der Waals surface area contributed by atoms with Gasteiger partial charge in [-0.1, -0.05) is 11.6 Å². The first-order chi connectivity index (χ1) is 12.1. The molecule has 0 bridgehead atoms. The summed E-state index contributed by atoms with van der Waals surface area (Å²) < 4.78 is 0. The normalized spacial score (nSPS) is 14.2. The van der Waals surface area contributed by atoms with E-state index in [9.17, 15) is 9.59 Å². The maximum atomic E-state index is 12.5. The van der Waals surface area contributed by atoms with E-state index in [0.717, 1.165) is 25.9 Å². The van der Waals surface area contributed by atoms with Gasteiger partial charge < -0.3 is 16.0 Å². The van der Waals surface area contributed by atoms with E-state index in [0.29, 0.717) is 10.7 Å². The standard InChI is InChI=1S/C17H18ClN5O2.ClH/c18-11-1-3-12(4-2-11)22-16(24)14-15(21-10-9-20-14)17(25)23-13-5-7-19-8-6-13;/h1-4,9-10,13,19H,5-8H2,(H,22,24)(H,23,25);1H. The van der Waals surface area contributed by atoms with Gasteiger partial charge in [-0.05, 0) is 50.2 Å². The third kappa shape index (κ3) is 5.14. The molecule has 3 rings (SSSR count). The fourth-order valence-electron chi connectivity index (χ4n) is 2.61. The Morgan fingerprint density at radius 2 is 1.58 bits per heavy atom. The van der Waals surface area contributed by atoms with Gasteiger partial charge in [0.2, 0.25) is 0 Å². The monoisotopic (exact) mass is 395 g/mol. The van der Waals surface area contributed by atoms with Gasteiger partial charge in [-0.15, -0.1) is 12.4 Å². The van der Waals surface area contributed by atoms with Gasteiger partial charge in [0.05, 0.1) is 0 Å². The number of benzene rings is 1. The van der Waals surface area contributed by atoms with E-state index in [1.165, 1.54) is 12.4 Å². The Hall–Kier alpha value is -2.22. The minimum atomic E-state index is -0.495. The van der Waals surface area contributed by atoms with Crippen LogP contribution < -0.4 is 16.0 Å². The van der Waals surface area contributed by atoms with Gasteiger partial charge in [0.25, 0.3) is 11.8 Å². The molecule has 1 aromatic carbocycles. The molecule has 0 radical (unpaired) electrons. The molecule has 1 aliphatic rings. The lowest BCUT2D eigenvalue weighted by Gasteiger charge is -2.23. The largest absolute Gasteiger partial charge is 0.348 e. The Balaban J connectivity index is 0.00000243. The number of nitrogens with one attached hydrogen (secondary N) is 3. The summed E-state index contributed by atoms with van der Waals surface area (Å²) in [6, 6.07) is 6.75. The van der Waals surface area contributed by atoms with Crippen LogP contribution in [0.5, 0.6) is 0 Å². The number of hydrogen-bond donors (Lipinski definition) is 3. The fraction of sp³-hybridized carbons (Fsp3) is 0.294. The molecule has 0 spiro atoms. The van der Waals surface area contributed by atoms with Crippen LogP contribution in [-0.4, -0.2) is 40.9 Å². The summed E-state index contributed by atoms with van der Waals surface area (Å²) in [7, 11) is 0. The van der Waals surface area contributed by atoms with Gasteiger partial charge >= 0.3 is 0 Å². The van der Waals surface area contributed by atoms with Gasteiger partial charge in [0.1, 0.15) is 0 Å². The summed E-state index contributed by atoms with van der Waals surface area (Å²) in [4.78, 5) is 33.1. The van der Waals surface area contributed by atoms with Gasteiger partial charge in [-0.25, -0.2) is 9.97 Å². The maximum absolute atomic E-state index is 12.5. The third-order valence-corrected chi connectivity index (χ3v) is 4.16. The molecule has 9 heteroatoms. The molecular weight excluding hydrogens is 377 g/mol. The predicted molar refractivity (Wildman–Crippen MR) is 102 cm³/mol. The van der Waals surface area contributed by atoms with Crippen LogP contribution in [0.1, 0.15) is 33.8 Å². The lowest BCUT2D eigenvalue weighted by molar-refractivity contribution is 0.0911. The molecule has 2 amide bonds. The molecule has 0 aliphatic carbocycles. The van der Waals surface area contributed by atoms with E-state index in [1.54, 1.807) is 24.3 Å². The van der Waals surface area contributed by atoms with Crippen molar-refractivity contribution in [1.82, 2.24) is 20.6 Å². The van der Waals surface area contributed by atoms with Crippen LogP contribution in [0.4, 0.5) is 5.69 Å². The molecule has 1 aliphatic heterocycles. The maximum Gasteiger partial charge on any atom is 0.276 e. The van der Waals surface area contributed by atoms with Crippen molar-refractivity contribution in [3.8, 4) is 0 Å². The van der Waals surface area contributed by atoms with E-state index in [-0.39, 0.29) is 35.7 Å². The molecule has 1 saturated heterocycles. The highest BCUT2D eigenvalue weighted by Crippen LogP contribution is 2.15. The molecule has 3 N–H and O–H groups in total. The zero-order valence-electron chi connectivity index (χ0n) is 13.9. The van der Waals surface area contributed by atoms with Crippen molar-refractivity contribution in [2.45, 2.75) is 18.9 Å². The van der Waals surface area contributed by atoms with Gasteiger partial charge in [0.15, 0.2) is 11.4 Å². The topological polar surface area (TPSA) is 96.0 Å². The molecule has 2 aromatic rings. The van der Waals surface area contributed by atoms with Crippen molar-refractivity contribution in [2.24, 2.45) is 0 Å². The Morgan fingerprint density at radius 1 is 1.00 bits per heavy atom. The molecule has 1 fully saturated rings. The molecule has 0 atom stereocenters. The number of piperidine rings is 1. The quantitative estimate of drug-likeness (QED) is 0.737. The first-order valence-electron chi connectivity index (χ1n) is 8.03. The van der Waals surface area contributed by atoms with E-state index < -0.39 is 5.91 Å². The van der Waals surface area contributed by atoms with Gasteiger partial charge in [-0.3, -0.25) is 9.59 Å². The van der Waals surface area contributed by atoms with E-state index in [4.69, 9.17) is 11.6 Å². The first kappa shape index (κ1) is 20.1. The van der Waals surface area contributed by atoms with Crippen molar-refractivity contribution in [1.29, 1.82) is 0 Å². The number of amides is 2. The predicted octanol–water partition coefficient (Wildman–Crippen LogP) is 2.29. The molecular formula is C17H19Cl2N5O2.